The Morgan fingerprint density at radius 1 is 1.50 bits per heavy atom. The van der Waals surface area contributed by atoms with Gasteiger partial charge in [-0.1, -0.05) is 13.3 Å². The zero-order valence-corrected chi connectivity index (χ0v) is 12.2. The van der Waals surface area contributed by atoms with Crippen LogP contribution in [0.1, 0.15) is 31.1 Å². The van der Waals surface area contributed by atoms with Gasteiger partial charge >= 0.3 is 0 Å². The van der Waals surface area contributed by atoms with Gasteiger partial charge in [-0.05, 0) is 36.1 Å². The predicted molar refractivity (Wildman–Crippen MR) is 73.9 cm³/mol. The van der Waals surface area contributed by atoms with Crippen molar-refractivity contribution in [3.05, 3.63) is 16.3 Å². The standard InChI is InChI=1S/C12H20N2O2S2/c1-9-2-3-10(6-9)8-14-18(15,16)12-4-5-17-11(12)7-13/h4-5,9-10,14H,2-3,6-8,13H2,1H3. The molecule has 1 saturated carbocycles. The Kier molecular flexibility index (Phi) is 4.42. The fourth-order valence-electron chi connectivity index (χ4n) is 2.53. The molecule has 2 rings (SSSR count). The van der Waals surface area contributed by atoms with Crippen molar-refractivity contribution in [3.63, 3.8) is 0 Å². The summed E-state index contributed by atoms with van der Waals surface area (Å²) in [6, 6.07) is 1.63. The molecule has 1 aromatic heterocycles. The van der Waals surface area contributed by atoms with E-state index in [1.807, 2.05) is 0 Å². The monoisotopic (exact) mass is 288 g/mol. The molecule has 18 heavy (non-hydrogen) atoms. The molecule has 0 aliphatic heterocycles. The number of nitrogens with two attached hydrogens (primary N) is 1. The van der Waals surface area contributed by atoms with Crippen molar-refractivity contribution in [2.24, 2.45) is 17.6 Å². The largest absolute Gasteiger partial charge is 0.326 e. The van der Waals surface area contributed by atoms with Crippen LogP contribution in [-0.2, 0) is 16.6 Å². The number of sulfonamides is 1. The molecule has 0 radical (unpaired) electrons. The number of thiophene rings is 1. The minimum atomic E-state index is -3.38. The minimum absolute atomic E-state index is 0.272. The smallest absolute Gasteiger partial charge is 0.241 e. The second kappa shape index (κ2) is 5.69. The van der Waals surface area contributed by atoms with Crippen LogP contribution in [0.5, 0.6) is 0 Å². The van der Waals surface area contributed by atoms with E-state index in [0.717, 1.165) is 23.6 Å². The average Bonchev–Trinajstić information content (AvgIpc) is 2.95. The summed E-state index contributed by atoms with van der Waals surface area (Å²) in [6.07, 6.45) is 3.45. The molecule has 4 nitrogen and oxygen atoms in total. The van der Waals surface area contributed by atoms with Crippen LogP contribution in [0.4, 0.5) is 0 Å². The average molecular weight is 288 g/mol. The van der Waals surface area contributed by atoms with E-state index >= 15 is 0 Å². The fourth-order valence-corrected chi connectivity index (χ4v) is 4.98. The molecule has 1 heterocycles. The Balaban J connectivity index is 1.99. The molecular weight excluding hydrogens is 268 g/mol. The van der Waals surface area contributed by atoms with Gasteiger partial charge in [-0.15, -0.1) is 11.3 Å². The first-order valence-corrected chi connectivity index (χ1v) is 8.65. The van der Waals surface area contributed by atoms with E-state index in [0.29, 0.717) is 17.4 Å². The first-order valence-electron chi connectivity index (χ1n) is 6.29. The number of rotatable bonds is 5. The lowest BCUT2D eigenvalue weighted by Gasteiger charge is -2.11. The summed E-state index contributed by atoms with van der Waals surface area (Å²) in [6.45, 7) is 3.04. The number of nitrogens with one attached hydrogen (secondary N) is 1. The summed E-state index contributed by atoms with van der Waals surface area (Å²) >= 11 is 1.39. The van der Waals surface area contributed by atoms with Gasteiger partial charge in [0.15, 0.2) is 0 Å². The van der Waals surface area contributed by atoms with Crippen molar-refractivity contribution in [2.45, 2.75) is 37.6 Å². The summed E-state index contributed by atoms with van der Waals surface area (Å²) in [4.78, 5) is 1.07. The Morgan fingerprint density at radius 2 is 2.28 bits per heavy atom. The van der Waals surface area contributed by atoms with Crippen LogP contribution in [0.2, 0.25) is 0 Å². The first kappa shape index (κ1) is 14.0. The Labute approximate surface area is 113 Å². The van der Waals surface area contributed by atoms with E-state index in [4.69, 9.17) is 5.73 Å². The van der Waals surface area contributed by atoms with Crippen molar-refractivity contribution in [1.82, 2.24) is 4.72 Å². The summed E-state index contributed by atoms with van der Waals surface area (Å²) < 4.78 is 27.0. The van der Waals surface area contributed by atoms with Crippen molar-refractivity contribution >= 4 is 21.4 Å². The van der Waals surface area contributed by atoms with E-state index < -0.39 is 10.0 Å². The summed E-state index contributed by atoms with van der Waals surface area (Å²) in [5.41, 5.74) is 5.55. The second-order valence-electron chi connectivity index (χ2n) is 5.05. The zero-order chi connectivity index (χ0) is 13.2. The maximum absolute atomic E-state index is 12.2. The zero-order valence-electron chi connectivity index (χ0n) is 10.6. The third kappa shape index (κ3) is 3.12. The van der Waals surface area contributed by atoms with Crippen LogP contribution in [0, 0.1) is 11.8 Å². The fraction of sp³-hybridized carbons (Fsp3) is 0.667. The van der Waals surface area contributed by atoms with E-state index in [1.54, 1.807) is 11.4 Å². The Bertz CT molecular complexity index is 496. The van der Waals surface area contributed by atoms with E-state index in [1.165, 1.54) is 17.8 Å². The second-order valence-corrected chi connectivity index (χ2v) is 7.78. The van der Waals surface area contributed by atoms with Gasteiger partial charge < -0.3 is 5.73 Å². The van der Waals surface area contributed by atoms with Gasteiger partial charge in [0, 0.05) is 18.0 Å². The van der Waals surface area contributed by atoms with Gasteiger partial charge in [0.05, 0.1) is 4.90 Å². The molecular formula is C12H20N2O2S2. The molecule has 0 spiro atoms. The molecule has 2 atom stereocenters. The third-order valence-electron chi connectivity index (χ3n) is 3.54. The highest BCUT2D eigenvalue weighted by atomic mass is 32.2. The number of hydrogen-bond donors (Lipinski definition) is 2. The van der Waals surface area contributed by atoms with Crippen molar-refractivity contribution < 1.29 is 8.42 Å². The van der Waals surface area contributed by atoms with E-state index in [2.05, 4.69) is 11.6 Å². The van der Waals surface area contributed by atoms with Crippen LogP contribution in [0.3, 0.4) is 0 Å². The molecule has 1 aliphatic rings. The molecule has 102 valence electrons. The van der Waals surface area contributed by atoms with Gasteiger partial charge in [0.2, 0.25) is 10.0 Å². The molecule has 3 N–H and O–H groups in total. The Hall–Kier alpha value is -0.430. The molecule has 1 aliphatic carbocycles. The van der Waals surface area contributed by atoms with Gasteiger partial charge in [-0.3, -0.25) is 0 Å². The number of hydrogen-bond acceptors (Lipinski definition) is 4. The van der Waals surface area contributed by atoms with Crippen LogP contribution in [-0.4, -0.2) is 15.0 Å². The van der Waals surface area contributed by atoms with E-state index in [9.17, 15) is 8.42 Å². The topological polar surface area (TPSA) is 72.2 Å². The maximum atomic E-state index is 12.2. The molecule has 0 amide bonds. The minimum Gasteiger partial charge on any atom is -0.326 e. The summed E-state index contributed by atoms with van der Waals surface area (Å²) in [5, 5.41) is 1.77. The molecule has 0 saturated heterocycles. The summed E-state index contributed by atoms with van der Waals surface area (Å²) in [5.74, 6) is 1.20. The maximum Gasteiger partial charge on any atom is 0.241 e. The molecule has 6 heteroatoms. The van der Waals surface area contributed by atoms with Gasteiger partial charge in [0.25, 0.3) is 0 Å². The van der Waals surface area contributed by atoms with Crippen LogP contribution in [0.25, 0.3) is 0 Å². The van der Waals surface area contributed by atoms with Gasteiger partial charge in [-0.25, -0.2) is 13.1 Å². The van der Waals surface area contributed by atoms with E-state index in [-0.39, 0.29) is 6.54 Å². The first-order chi connectivity index (χ1) is 8.53. The van der Waals surface area contributed by atoms with Crippen LogP contribution < -0.4 is 10.5 Å². The van der Waals surface area contributed by atoms with Gasteiger partial charge in [0.1, 0.15) is 0 Å². The molecule has 1 aromatic rings. The highest BCUT2D eigenvalue weighted by molar-refractivity contribution is 7.89. The normalized spacial score (nSPS) is 24.6. The predicted octanol–water partition coefficient (Wildman–Crippen LogP) is 1.92. The summed E-state index contributed by atoms with van der Waals surface area (Å²) in [7, 11) is -3.38. The lowest BCUT2D eigenvalue weighted by Crippen LogP contribution is -2.29. The van der Waals surface area contributed by atoms with Crippen LogP contribution in [0.15, 0.2) is 16.3 Å². The Morgan fingerprint density at radius 3 is 2.89 bits per heavy atom. The van der Waals surface area contributed by atoms with Crippen molar-refractivity contribution in [2.75, 3.05) is 6.54 Å². The molecule has 2 unspecified atom stereocenters. The van der Waals surface area contributed by atoms with Gasteiger partial charge in [-0.2, -0.15) is 0 Å². The quantitative estimate of drug-likeness (QED) is 0.869. The lowest BCUT2D eigenvalue weighted by molar-refractivity contribution is 0.498. The lowest BCUT2D eigenvalue weighted by atomic mass is 10.1. The molecule has 0 aromatic carbocycles. The third-order valence-corrected chi connectivity index (χ3v) is 6.13. The SMILES string of the molecule is CC1CCC(CNS(=O)(=O)c2ccsc2CN)C1. The van der Waals surface area contributed by atoms with Crippen molar-refractivity contribution in [1.29, 1.82) is 0 Å². The highest BCUT2D eigenvalue weighted by Crippen LogP contribution is 2.30. The highest BCUT2D eigenvalue weighted by Gasteiger charge is 2.24. The van der Waals surface area contributed by atoms with Crippen molar-refractivity contribution in [3.8, 4) is 0 Å². The molecule has 1 fully saturated rings. The molecule has 0 bridgehead atoms. The van der Waals surface area contributed by atoms with Crippen LogP contribution >= 0.6 is 11.3 Å².